The largest absolute Gasteiger partial charge is 0.462 e. The second-order valence-corrected chi connectivity index (χ2v) is 6.08. The van der Waals surface area contributed by atoms with Crippen molar-refractivity contribution in [3.63, 3.8) is 0 Å². The van der Waals surface area contributed by atoms with Crippen molar-refractivity contribution in [2.24, 2.45) is 11.7 Å². The lowest BCUT2D eigenvalue weighted by Gasteiger charge is -2.14. The van der Waals surface area contributed by atoms with Gasteiger partial charge in [-0.25, -0.2) is 4.98 Å². The van der Waals surface area contributed by atoms with Gasteiger partial charge in [0.25, 0.3) is 5.56 Å². The standard InChI is InChI=1S/C15H23N7O5/c1-8(2)10(16)13(24)18-5-9(23)27-4-3-26-7-22-6-19-11-12(22)20-15(17)21-14(11)25/h6,8,10H,3-5,7,16H2,1-2H3,(H,18,24)(H3,17,20,21,25). The summed E-state index contributed by atoms with van der Waals surface area (Å²) in [5, 5.41) is 2.41. The number of carbonyl (C=O) groups is 2. The zero-order valence-corrected chi connectivity index (χ0v) is 15.1. The number of carbonyl (C=O) groups excluding carboxylic acids is 2. The van der Waals surface area contributed by atoms with Gasteiger partial charge in [0, 0.05) is 0 Å². The van der Waals surface area contributed by atoms with Crippen molar-refractivity contribution in [2.75, 3.05) is 25.5 Å². The molecule has 0 bridgehead atoms. The highest BCUT2D eigenvalue weighted by Gasteiger charge is 2.17. The van der Waals surface area contributed by atoms with Crippen molar-refractivity contribution in [3.05, 3.63) is 16.7 Å². The smallest absolute Gasteiger partial charge is 0.325 e. The number of nitrogens with two attached hydrogens (primary N) is 2. The van der Waals surface area contributed by atoms with Crippen molar-refractivity contribution < 1.29 is 19.1 Å². The van der Waals surface area contributed by atoms with Crippen LogP contribution in [0.25, 0.3) is 11.2 Å². The van der Waals surface area contributed by atoms with Crippen molar-refractivity contribution in [2.45, 2.75) is 26.6 Å². The fourth-order valence-corrected chi connectivity index (χ4v) is 2.07. The van der Waals surface area contributed by atoms with Crippen LogP contribution in [-0.4, -0.2) is 57.2 Å². The van der Waals surface area contributed by atoms with Gasteiger partial charge < -0.3 is 26.3 Å². The lowest BCUT2D eigenvalue weighted by molar-refractivity contribution is -0.145. The van der Waals surface area contributed by atoms with Crippen molar-refractivity contribution in [1.29, 1.82) is 0 Å². The Hall–Kier alpha value is -2.99. The number of nitrogen functional groups attached to an aromatic ring is 1. The van der Waals surface area contributed by atoms with E-state index in [1.807, 2.05) is 13.8 Å². The lowest BCUT2D eigenvalue weighted by Crippen LogP contribution is -2.45. The Morgan fingerprint density at radius 1 is 1.37 bits per heavy atom. The van der Waals surface area contributed by atoms with E-state index in [0.29, 0.717) is 0 Å². The first-order valence-electron chi connectivity index (χ1n) is 8.27. The number of esters is 1. The van der Waals surface area contributed by atoms with Gasteiger partial charge in [0.2, 0.25) is 11.9 Å². The number of aromatic amines is 1. The highest BCUT2D eigenvalue weighted by Crippen LogP contribution is 2.06. The van der Waals surface area contributed by atoms with E-state index >= 15 is 0 Å². The number of hydrogen-bond acceptors (Lipinski definition) is 9. The Labute approximate surface area is 154 Å². The maximum absolute atomic E-state index is 11.7. The molecule has 0 aromatic carbocycles. The molecule has 6 N–H and O–H groups in total. The summed E-state index contributed by atoms with van der Waals surface area (Å²) in [6.45, 7) is 3.49. The molecule has 0 saturated carbocycles. The third kappa shape index (κ3) is 5.49. The van der Waals surface area contributed by atoms with E-state index < -0.39 is 23.5 Å². The van der Waals surface area contributed by atoms with Gasteiger partial charge in [-0.1, -0.05) is 13.8 Å². The maximum Gasteiger partial charge on any atom is 0.325 e. The van der Waals surface area contributed by atoms with Gasteiger partial charge in [0.15, 0.2) is 11.2 Å². The zero-order chi connectivity index (χ0) is 20.0. The molecular formula is C15H23N7O5. The van der Waals surface area contributed by atoms with Gasteiger partial charge in [0.05, 0.1) is 19.0 Å². The van der Waals surface area contributed by atoms with Crippen molar-refractivity contribution >= 4 is 29.0 Å². The summed E-state index contributed by atoms with van der Waals surface area (Å²) in [7, 11) is 0. The number of fused-ring (bicyclic) bond motifs is 1. The van der Waals surface area contributed by atoms with Crippen molar-refractivity contribution in [1.82, 2.24) is 24.8 Å². The molecular weight excluding hydrogens is 358 g/mol. The molecule has 1 amide bonds. The fraction of sp³-hybridized carbons (Fsp3) is 0.533. The molecule has 0 saturated heterocycles. The number of H-pyrrole nitrogens is 1. The van der Waals surface area contributed by atoms with E-state index in [4.69, 9.17) is 20.9 Å². The van der Waals surface area contributed by atoms with Gasteiger partial charge in [-0.15, -0.1) is 0 Å². The lowest BCUT2D eigenvalue weighted by atomic mass is 10.1. The second kappa shape index (κ2) is 9.09. The van der Waals surface area contributed by atoms with Gasteiger partial charge >= 0.3 is 5.97 Å². The van der Waals surface area contributed by atoms with E-state index in [0.717, 1.165) is 0 Å². The molecule has 27 heavy (non-hydrogen) atoms. The van der Waals surface area contributed by atoms with Crippen LogP contribution in [0.2, 0.25) is 0 Å². The molecule has 0 fully saturated rings. The number of amides is 1. The van der Waals surface area contributed by atoms with E-state index in [9.17, 15) is 14.4 Å². The molecule has 0 aliphatic rings. The highest BCUT2D eigenvalue weighted by atomic mass is 16.6. The number of anilines is 1. The number of ether oxygens (including phenoxy) is 2. The monoisotopic (exact) mass is 381 g/mol. The Morgan fingerprint density at radius 3 is 2.81 bits per heavy atom. The summed E-state index contributed by atoms with van der Waals surface area (Å²) >= 11 is 0. The first-order valence-corrected chi connectivity index (χ1v) is 8.27. The van der Waals surface area contributed by atoms with E-state index in [1.165, 1.54) is 10.9 Å². The third-order valence-electron chi connectivity index (χ3n) is 3.64. The number of imidazole rings is 1. The van der Waals surface area contributed by atoms with Crippen LogP contribution in [-0.2, 0) is 25.8 Å². The first-order chi connectivity index (χ1) is 12.8. The Kier molecular flexibility index (Phi) is 6.85. The van der Waals surface area contributed by atoms with Gasteiger partial charge in [-0.05, 0) is 5.92 Å². The SMILES string of the molecule is CC(C)C(N)C(=O)NCC(=O)OCCOCn1cnc2c(=O)[nH]c(N)nc21. The molecule has 12 nitrogen and oxygen atoms in total. The van der Waals surface area contributed by atoms with Crippen molar-refractivity contribution in [3.8, 4) is 0 Å². The maximum atomic E-state index is 11.7. The van der Waals surface area contributed by atoms with Gasteiger partial charge in [-0.3, -0.25) is 23.9 Å². The van der Waals surface area contributed by atoms with Crippen LogP contribution in [0, 0.1) is 5.92 Å². The van der Waals surface area contributed by atoms with Crippen LogP contribution < -0.4 is 22.3 Å². The Morgan fingerprint density at radius 2 is 2.11 bits per heavy atom. The van der Waals surface area contributed by atoms with Crippen LogP contribution in [0.3, 0.4) is 0 Å². The molecule has 1 unspecified atom stereocenters. The van der Waals surface area contributed by atoms with Gasteiger partial charge in [0.1, 0.15) is 19.9 Å². The molecule has 0 aliphatic heterocycles. The summed E-state index contributed by atoms with van der Waals surface area (Å²) in [5.41, 5.74) is 11.2. The molecule has 0 spiro atoms. The molecule has 2 aromatic rings. The average molecular weight is 381 g/mol. The zero-order valence-electron chi connectivity index (χ0n) is 15.1. The highest BCUT2D eigenvalue weighted by molar-refractivity contribution is 5.85. The number of hydrogen-bond donors (Lipinski definition) is 4. The molecule has 2 heterocycles. The predicted octanol–water partition coefficient (Wildman–Crippen LogP) is -1.68. The Balaban J connectivity index is 1.70. The average Bonchev–Trinajstić information content (AvgIpc) is 3.01. The quantitative estimate of drug-likeness (QED) is 0.291. The van der Waals surface area contributed by atoms with Crippen LogP contribution >= 0.6 is 0 Å². The van der Waals surface area contributed by atoms with Crippen LogP contribution in [0.5, 0.6) is 0 Å². The minimum Gasteiger partial charge on any atom is -0.462 e. The number of nitrogens with zero attached hydrogens (tertiary/aromatic N) is 3. The molecule has 2 aromatic heterocycles. The molecule has 2 rings (SSSR count). The third-order valence-corrected chi connectivity index (χ3v) is 3.64. The molecule has 1 atom stereocenters. The summed E-state index contributed by atoms with van der Waals surface area (Å²) in [4.78, 5) is 45.2. The normalized spacial score (nSPS) is 12.3. The molecule has 0 aliphatic carbocycles. The van der Waals surface area contributed by atoms with Crippen LogP contribution in [0.15, 0.2) is 11.1 Å². The summed E-state index contributed by atoms with van der Waals surface area (Å²) in [6.07, 6.45) is 1.39. The van der Waals surface area contributed by atoms with Gasteiger partial charge in [-0.2, -0.15) is 4.98 Å². The predicted molar refractivity (Wildman–Crippen MR) is 95.3 cm³/mol. The first kappa shape index (κ1) is 20.3. The molecule has 12 heteroatoms. The van der Waals surface area contributed by atoms with E-state index in [1.54, 1.807) is 0 Å². The summed E-state index contributed by atoms with van der Waals surface area (Å²) in [6, 6.07) is -0.680. The summed E-state index contributed by atoms with van der Waals surface area (Å²) < 4.78 is 11.8. The number of rotatable bonds is 9. The molecule has 148 valence electrons. The minimum absolute atomic E-state index is 0.00623. The topological polar surface area (TPSA) is 180 Å². The number of nitrogens with one attached hydrogen (secondary N) is 2. The van der Waals surface area contributed by atoms with Crippen LogP contribution in [0.1, 0.15) is 13.8 Å². The van der Waals surface area contributed by atoms with E-state index in [-0.39, 0.29) is 49.5 Å². The van der Waals surface area contributed by atoms with Crippen LogP contribution in [0.4, 0.5) is 5.95 Å². The fourth-order valence-electron chi connectivity index (χ4n) is 2.07. The second-order valence-electron chi connectivity index (χ2n) is 6.08. The Bertz CT molecular complexity index is 860. The molecule has 0 radical (unpaired) electrons. The van der Waals surface area contributed by atoms with E-state index in [2.05, 4.69) is 20.3 Å². The summed E-state index contributed by atoms with van der Waals surface area (Å²) in [5.74, 6) is -1.07. The minimum atomic E-state index is -0.680. The number of aromatic nitrogens is 4.